The Kier molecular flexibility index (Phi) is 9.91. The highest BCUT2D eigenvalue weighted by atomic mass is 35.5. The van der Waals surface area contributed by atoms with Gasteiger partial charge >= 0.3 is 0 Å². The number of hydrogen-bond donors (Lipinski definition) is 2. The van der Waals surface area contributed by atoms with E-state index in [9.17, 15) is 14.9 Å². The summed E-state index contributed by atoms with van der Waals surface area (Å²) in [5.41, 5.74) is 1.94. The zero-order valence-corrected chi connectivity index (χ0v) is 25.8. The van der Waals surface area contributed by atoms with Crippen LogP contribution in [0.5, 0.6) is 11.5 Å². The van der Waals surface area contributed by atoms with Gasteiger partial charge < -0.3 is 20.1 Å². The molecule has 1 amide bonds. The number of nitrogens with one attached hydrogen (secondary N) is 2. The van der Waals surface area contributed by atoms with Gasteiger partial charge in [-0.1, -0.05) is 55.3 Å². The molecule has 0 radical (unpaired) electrons. The van der Waals surface area contributed by atoms with Crippen LogP contribution in [-0.4, -0.2) is 41.7 Å². The van der Waals surface area contributed by atoms with Crippen LogP contribution in [0.4, 0.5) is 11.6 Å². The summed E-state index contributed by atoms with van der Waals surface area (Å²) in [6.07, 6.45) is 3.64. The van der Waals surface area contributed by atoms with E-state index in [0.717, 1.165) is 5.56 Å². The monoisotopic (exact) mass is 620 g/mol. The van der Waals surface area contributed by atoms with Gasteiger partial charge in [0.1, 0.15) is 28.8 Å². The predicted molar refractivity (Wildman–Crippen MR) is 169 cm³/mol. The number of nitrogens with zero attached hydrogens (tertiary/aromatic N) is 4. The number of halogens is 2. The van der Waals surface area contributed by atoms with Crippen molar-refractivity contribution in [3.05, 3.63) is 80.2 Å². The summed E-state index contributed by atoms with van der Waals surface area (Å²) in [5, 5.41) is 16.0. The smallest absolute Gasteiger partial charge is 0.265 e. The van der Waals surface area contributed by atoms with Crippen molar-refractivity contribution in [2.75, 3.05) is 31.9 Å². The van der Waals surface area contributed by atoms with E-state index in [1.54, 1.807) is 49.7 Å². The third-order valence-corrected chi connectivity index (χ3v) is 7.32. The highest BCUT2D eigenvalue weighted by molar-refractivity contribution is 6.41. The number of fused-ring (bicyclic) bond motifs is 1. The average molecular weight is 622 g/mol. The average Bonchev–Trinajstić information content (AvgIpc) is 2.99. The summed E-state index contributed by atoms with van der Waals surface area (Å²) in [6.45, 7) is 4.01. The van der Waals surface area contributed by atoms with Gasteiger partial charge in [0.25, 0.3) is 11.5 Å². The molecule has 4 aromatic rings. The molecule has 0 atom stereocenters. The molecule has 2 aromatic heterocycles. The van der Waals surface area contributed by atoms with Crippen LogP contribution in [0.3, 0.4) is 0 Å². The fourth-order valence-corrected chi connectivity index (χ4v) is 5.23. The first kappa shape index (κ1) is 31.3. The number of amides is 1. The van der Waals surface area contributed by atoms with Crippen molar-refractivity contribution in [3.8, 4) is 28.7 Å². The number of aromatic nitrogens is 3. The van der Waals surface area contributed by atoms with Crippen LogP contribution in [0.25, 0.3) is 22.2 Å². The molecule has 12 heteroatoms. The van der Waals surface area contributed by atoms with Crippen molar-refractivity contribution in [2.45, 2.75) is 26.8 Å². The molecule has 0 aliphatic carbocycles. The maximum Gasteiger partial charge on any atom is 0.265 e. The lowest BCUT2D eigenvalue weighted by Gasteiger charge is -2.17. The van der Waals surface area contributed by atoms with E-state index in [-0.39, 0.29) is 44.8 Å². The number of carbonyl (C=O) groups is 1. The first-order valence-electron chi connectivity index (χ1n) is 13.3. The molecular weight excluding hydrogens is 591 g/mol. The maximum atomic E-state index is 14.1. The maximum absolute atomic E-state index is 14.1. The molecule has 0 aliphatic rings. The minimum Gasteiger partial charge on any atom is -0.495 e. The quantitative estimate of drug-likeness (QED) is 0.160. The Morgan fingerprint density at radius 2 is 1.84 bits per heavy atom. The van der Waals surface area contributed by atoms with Gasteiger partial charge in [0.05, 0.1) is 29.8 Å². The van der Waals surface area contributed by atoms with Gasteiger partial charge in [-0.2, -0.15) is 10.2 Å². The van der Waals surface area contributed by atoms with Crippen LogP contribution in [0.1, 0.15) is 19.4 Å². The summed E-state index contributed by atoms with van der Waals surface area (Å²) in [7, 11) is 4.61. The molecule has 43 heavy (non-hydrogen) atoms. The number of pyridine rings is 1. The number of carbonyl (C=O) groups excluding carboxylic acids is 1. The molecular formula is C31H30Cl2N6O4. The van der Waals surface area contributed by atoms with Crippen molar-refractivity contribution in [2.24, 2.45) is 5.92 Å². The highest BCUT2D eigenvalue weighted by Crippen LogP contribution is 2.45. The minimum atomic E-state index is -0.484. The number of methoxy groups -OCH3 is 2. The lowest BCUT2D eigenvalue weighted by atomic mass is 10.0. The standard InChI is InChI=1S/C31H30Cl2N6O4/c1-17(2)11-19(15-34)29(40)37-21-8-6-7-18(12-21)9-10-39-28-20(16-36-31(35-3)38-28)13-22(30(39)41)25-26(32)23(42-4)14-24(43-5)27(25)33/h6-8,11-14,16-17H,9-10H2,1-5H3,(H,37,40)(H,35,36,38). The summed E-state index contributed by atoms with van der Waals surface area (Å²) in [5.74, 6) is 0.507. The number of hydrogen-bond acceptors (Lipinski definition) is 8. The number of aryl methyl sites for hydroxylation is 2. The number of nitriles is 1. The van der Waals surface area contributed by atoms with Gasteiger partial charge in [0.15, 0.2) is 0 Å². The molecule has 4 rings (SSSR count). The van der Waals surface area contributed by atoms with Gasteiger partial charge in [0.2, 0.25) is 5.95 Å². The van der Waals surface area contributed by atoms with Crippen molar-refractivity contribution in [1.29, 1.82) is 5.26 Å². The highest BCUT2D eigenvalue weighted by Gasteiger charge is 2.23. The topological polar surface area (TPSA) is 131 Å². The zero-order valence-electron chi connectivity index (χ0n) is 24.3. The molecule has 2 heterocycles. The fraction of sp³-hybridized carbons (Fsp3) is 0.258. The van der Waals surface area contributed by atoms with E-state index in [2.05, 4.69) is 20.6 Å². The van der Waals surface area contributed by atoms with E-state index < -0.39 is 5.91 Å². The molecule has 0 spiro atoms. The van der Waals surface area contributed by atoms with Gasteiger partial charge in [-0.15, -0.1) is 0 Å². The van der Waals surface area contributed by atoms with Crippen LogP contribution in [0.2, 0.25) is 10.0 Å². The Morgan fingerprint density at radius 1 is 1.14 bits per heavy atom. The Hall–Kier alpha value is -4.59. The first-order chi connectivity index (χ1) is 20.6. The summed E-state index contributed by atoms with van der Waals surface area (Å²) in [6, 6.07) is 12.4. The van der Waals surface area contributed by atoms with Crippen molar-refractivity contribution < 1.29 is 14.3 Å². The Bertz CT molecular complexity index is 1800. The van der Waals surface area contributed by atoms with Gasteiger partial charge in [-0.05, 0) is 36.1 Å². The first-order valence-corrected chi connectivity index (χ1v) is 14.1. The minimum absolute atomic E-state index is 0.0433. The summed E-state index contributed by atoms with van der Waals surface area (Å²) >= 11 is 13.4. The molecule has 0 bridgehead atoms. The van der Waals surface area contributed by atoms with Crippen LogP contribution < -0.4 is 25.7 Å². The van der Waals surface area contributed by atoms with E-state index in [1.807, 2.05) is 26.0 Å². The van der Waals surface area contributed by atoms with Crippen molar-refractivity contribution >= 4 is 51.8 Å². The van der Waals surface area contributed by atoms with Crippen LogP contribution in [0.15, 0.2) is 59.0 Å². The Balaban J connectivity index is 1.78. The molecule has 0 fully saturated rings. The lowest BCUT2D eigenvalue weighted by Crippen LogP contribution is -2.24. The van der Waals surface area contributed by atoms with Gasteiger partial charge in [0, 0.05) is 42.5 Å². The molecule has 0 saturated carbocycles. The van der Waals surface area contributed by atoms with Crippen LogP contribution >= 0.6 is 23.2 Å². The van der Waals surface area contributed by atoms with E-state index in [0.29, 0.717) is 40.6 Å². The number of ether oxygens (including phenoxy) is 2. The molecule has 0 unspecified atom stereocenters. The predicted octanol–water partition coefficient (Wildman–Crippen LogP) is 6.11. The van der Waals surface area contributed by atoms with E-state index in [1.165, 1.54) is 18.8 Å². The Labute approximate surface area is 258 Å². The molecule has 2 aromatic carbocycles. The second kappa shape index (κ2) is 13.6. The van der Waals surface area contributed by atoms with E-state index in [4.69, 9.17) is 32.7 Å². The number of allylic oxidation sites excluding steroid dienone is 1. The van der Waals surface area contributed by atoms with Crippen LogP contribution in [-0.2, 0) is 17.8 Å². The second-order valence-electron chi connectivity index (χ2n) is 9.86. The number of anilines is 2. The Morgan fingerprint density at radius 3 is 2.44 bits per heavy atom. The summed E-state index contributed by atoms with van der Waals surface area (Å²) in [4.78, 5) is 35.6. The van der Waals surface area contributed by atoms with Gasteiger partial charge in [-0.25, -0.2) is 4.98 Å². The van der Waals surface area contributed by atoms with E-state index >= 15 is 0 Å². The SMILES string of the molecule is CNc1ncc2cc(-c3c(Cl)c(OC)cc(OC)c3Cl)c(=O)n(CCc3cccc(NC(=O)C(C#N)=CC(C)C)c3)c2n1. The lowest BCUT2D eigenvalue weighted by molar-refractivity contribution is -0.112. The largest absolute Gasteiger partial charge is 0.495 e. The molecule has 0 saturated heterocycles. The summed E-state index contributed by atoms with van der Waals surface area (Å²) < 4.78 is 12.4. The van der Waals surface area contributed by atoms with Crippen molar-refractivity contribution in [3.63, 3.8) is 0 Å². The number of benzene rings is 2. The molecule has 2 N–H and O–H groups in total. The molecule has 0 aliphatic heterocycles. The fourth-order valence-electron chi connectivity index (χ4n) is 4.53. The van der Waals surface area contributed by atoms with Crippen LogP contribution in [0, 0.1) is 17.2 Å². The molecule has 10 nitrogen and oxygen atoms in total. The third kappa shape index (κ3) is 6.74. The second-order valence-corrected chi connectivity index (χ2v) is 10.6. The molecule has 222 valence electrons. The van der Waals surface area contributed by atoms with Crippen molar-refractivity contribution in [1.82, 2.24) is 14.5 Å². The van der Waals surface area contributed by atoms with Gasteiger partial charge in [-0.3, -0.25) is 14.2 Å². The third-order valence-electron chi connectivity index (χ3n) is 6.57. The zero-order chi connectivity index (χ0) is 31.3. The number of rotatable bonds is 10. The normalized spacial score (nSPS) is 11.4.